The molecule has 0 fully saturated rings. The first-order valence-electron chi connectivity index (χ1n) is 4.57. The van der Waals surface area contributed by atoms with Crippen molar-refractivity contribution in [1.82, 2.24) is 5.32 Å². The maximum Gasteiger partial charge on any atom is 0.229 e. The van der Waals surface area contributed by atoms with Crippen LogP contribution in [-0.2, 0) is 9.53 Å². The van der Waals surface area contributed by atoms with Crippen molar-refractivity contribution in [3.8, 4) is 0 Å². The van der Waals surface area contributed by atoms with Gasteiger partial charge in [-0.15, -0.1) is 0 Å². The smallest absolute Gasteiger partial charge is 0.229 e. The second-order valence-corrected chi connectivity index (χ2v) is 3.79. The molecule has 0 aromatic heterocycles. The van der Waals surface area contributed by atoms with E-state index in [0.717, 1.165) is 6.42 Å². The Morgan fingerprint density at radius 1 is 1.57 bits per heavy atom. The van der Waals surface area contributed by atoms with E-state index in [-0.39, 0.29) is 16.9 Å². The van der Waals surface area contributed by atoms with Gasteiger partial charge >= 0.3 is 0 Å². The van der Waals surface area contributed by atoms with Crippen LogP contribution in [0.3, 0.4) is 0 Å². The van der Waals surface area contributed by atoms with Crippen molar-refractivity contribution >= 4 is 23.1 Å². The standard InChI is InChI=1S/C9H18N2O2S/c1-6(4-5-13-3)11-9(12)7(2)8(10)14/h6-7H,4-5H2,1-3H3,(H2,10,14)(H,11,12). The van der Waals surface area contributed by atoms with E-state index in [1.807, 2.05) is 6.92 Å². The molecule has 0 saturated carbocycles. The molecule has 0 aromatic carbocycles. The third kappa shape index (κ3) is 5.14. The number of nitrogens with one attached hydrogen (secondary N) is 1. The Labute approximate surface area is 90.2 Å². The van der Waals surface area contributed by atoms with E-state index in [1.54, 1.807) is 14.0 Å². The molecule has 0 bridgehead atoms. The van der Waals surface area contributed by atoms with E-state index in [2.05, 4.69) is 5.32 Å². The second-order valence-electron chi connectivity index (χ2n) is 3.32. The minimum atomic E-state index is -0.407. The number of methoxy groups -OCH3 is 1. The van der Waals surface area contributed by atoms with Crippen LogP contribution in [0.1, 0.15) is 20.3 Å². The summed E-state index contributed by atoms with van der Waals surface area (Å²) in [5.74, 6) is -0.531. The van der Waals surface area contributed by atoms with Gasteiger partial charge in [0.15, 0.2) is 0 Å². The van der Waals surface area contributed by atoms with E-state index in [1.165, 1.54) is 0 Å². The molecule has 0 aromatic rings. The van der Waals surface area contributed by atoms with Gasteiger partial charge in [0.1, 0.15) is 0 Å². The first-order chi connectivity index (χ1) is 6.49. The van der Waals surface area contributed by atoms with Crippen molar-refractivity contribution < 1.29 is 9.53 Å². The van der Waals surface area contributed by atoms with Crippen LogP contribution in [0.15, 0.2) is 0 Å². The summed E-state index contributed by atoms with van der Waals surface area (Å²) in [5.41, 5.74) is 5.36. The van der Waals surface area contributed by atoms with Gasteiger partial charge < -0.3 is 15.8 Å². The van der Waals surface area contributed by atoms with E-state index < -0.39 is 5.92 Å². The highest BCUT2D eigenvalue weighted by atomic mass is 32.1. The number of hydrogen-bond donors (Lipinski definition) is 2. The molecular formula is C9H18N2O2S. The van der Waals surface area contributed by atoms with E-state index in [0.29, 0.717) is 6.61 Å². The maximum atomic E-state index is 11.4. The molecule has 14 heavy (non-hydrogen) atoms. The summed E-state index contributed by atoms with van der Waals surface area (Å²) in [4.78, 5) is 11.7. The summed E-state index contributed by atoms with van der Waals surface area (Å²) in [6, 6.07) is 0.0826. The average molecular weight is 218 g/mol. The fourth-order valence-corrected chi connectivity index (χ4v) is 0.971. The minimum Gasteiger partial charge on any atom is -0.393 e. The van der Waals surface area contributed by atoms with Crippen LogP contribution in [0.5, 0.6) is 0 Å². The predicted molar refractivity (Wildman–Crippen MR) is 60.0 cm³/mol. The molecule has 0 aliphatic rings. The highest BCUT2D eigenvalue weighted by molar-refractivity contribution is 7.80. The fraction of sp³-hybridized carbons (Fsp3) is 0.778. The minimum absolute atomic E-state index is 0.0826. The molecular weight excluding hydrogens is 200 g/mol. The SMILES string of the molecule is COCCC(C)NC(=O)C(C)C(N)=S. The van der Waals surface area contributed by atoms with Crippen molar-refractivity contribution in [1.29, 1.82) is 0 Å². The Kier molecular flexibility index (Phi) is 6.40. The Morgan fingerprint density at radius 3 is 2.57 bits per heavy atom. The van der Waals surface area contributed by atoms with Gasteiger partial charge in [-0.05, 0) is 20.3 Å². The number of carbonyl (C=O) groups excluding carboxylic acids is 1. The van der Waals surface area contributed by atoms with Gasteiger partial charge in [-0.2, -0.15) is 0 Å². The summed E-state index contributed by atoms with van der Waals surface area (Å²) in [6.07, 6.45) is 0.784. The van der Waals surface area contributed by atoms with Gasteiger partial charge in [-0.3, -0.25) is 4.79 Å². The Balaban J connectivity index is 3.87. The molecule has 0 rings (SSSR count). The van der Waals surface area contributed by atoms with E-state index in [9.17, 15) is 4.79 Å². The first kappa shape index (κ1) is 13.3. The molecule has 0 saturated heterocycles. The monoisotopic (exact) mass is 218 g/mol. The van der Waals surface area contributed by atoms with E-state index in [4.69, 9.17) is 22.7 Å². The van der Waals surface area contributed by atoms with Crippen LogP contribution >= 0.6 is 12.2 Å². The maximum absolute atomic E-state index is 11.4. The van der Waals surface area contributed by atoms with Gasteiger partial charge in [0, 0.05) is 19.8 Å². The summed E-state index contributed by atoms with van der Waals surface area (Å²) < 4.78 is 4.90. The van der Waals surface area contributed by atoms with Crippen molar-refractivity contribution in [2.45, 2.75) is 26.3 Å². The highest BCUT2D eigenvalue weighted by Gasteiger charge is 2.16. The van der Waals surface area contributed by atoms with Crippen LogP contribution in [-0.4, -0.2) is 30.7 Å². The lowest BCUT2D eigenvalue weighted by Crippen LogP contribution is -2.41. The highest BCUT2D eigenvalue weighted by Crippen LogP contribution is 1.98. The van der Waals surface area contributed by atoms with Crippen LogP contribution in [0, 0.1) is 5.92 Å². The Hall–Kier alpha value is -0.680. The summed E-state index contributed by atoms with van der Waals surface area (Å²) in [6.45, 7) is 4.24. The van der Waals surface area contributed by atoms with E-state index >= 15 is 0 Å². The van der Waals surface area contributed by atoms with Crippen LogP contribution < -0.4 is 11.1 Å². The number of amides is 1. The van der Waals surface area contributed by atoms with Crippen LogP contribution in [0.25, 0.3) is 0 Å². The van der Waals surface area contributed by atoms with Crippen molar-refractivity contribution in [2.75, 3.05) is 13.7 Å². The van der Waals surface area contributed by atoms with Crippen LogP contribution in [0.2, 0.25) is 0 Å². The lowest BCUT2D eigenvalue weighted by Gasteiger charge is -2.16. The number of ether oxygens (including phenoxy) is 1. The number of nitrogens with two attached hydrogens (primary N) is 1. The lowest BCUT2D eigenvalue weighted by molar-refractivity contribution is -0.123. The zero-order valence-corrected chi connectivity index (χ0v) is 9.69. The molecule has 82 valence electrons. The molecule has 4 nitrogen and oxygen atoms in total. The molecule has 2 atom stereocenters. The van der Waals surface area contributed by atoms with Crippen LogP contribution in [0.4, 0.5) is 0 Å². The predicted octanol–water partition coefficient (Wildman–Crippen LogP) is 0.450. The summed E-state index contributed by atoms with van der Waals surface area (Å²) >= 11 is 4.73. The molecule has 2 unspecified atom stereocenters. The molecule has 1 amide bonds. The first-order valence-corrected chi connectivity index (χ1v) is 4.98. The quantitative estimate of drug-likeness (QED) is 0.635. The normalized spacial score (nSPS) is 14.5. The largest absolute Gasteiger partial charge is 0.393 e. The third-order valence-electron chi connectivity index (χ3n) is 1.96. The number of hydrogen-bond acceptors (Lipinski definition) is 3. The molecule has 0 spiro atoms. The zero-order chi connectivity index (χ0) is 11.1. The molecule has 0 heterocycles. The van der Waals surface area contributed by atoms with Gasteiger partial charge in [0.2, 0.25) is 5.91 Å². The molecule has 3 N–H and O–H groups in total. The zero-order valence-electron chi connectivity index (χ0n) is 8.87. The fourth-order valence-electron chi connectivity index (χ4n) is 0.864. The van der Waals surface area contributed by atoms with Crippen molar-refractivity contribution in [3.05, 3.63) is 0 Å². The average Bonchev–Trinajstić information content (AvgIpc) is 2.13. The van der Waals surface area contributed by atoms with Crippen molar-refractivity contribution in [3.63, 3.8) is 0 Å². The van der Waals surface area contributed by atoms with Gasteiger partial charge in [0.05, 0.1) is 10.9 Å². The number of thiocarbonyl (C=S) groups is 1. The summed E-state index contributed by atoms with van der Waals surface area (Å²) in [7, 11) is 1.63. The number of rotatable bonds is 6. The third-order valence-corrected chi connectivity index (χ3v) is 2.32. The lowest BCUT2D eigenvalue weighted by atomic mass is 10.1. The molecule has 0 aliphatic carbocycles. The Morgan fingerprint density at radius 2 is 2.14 bits per heavy atom. The topological polar surface area (TPSA) is 64.3 Å². The molecule has 5 heteroatoms. The second kappa shape index (κ2) is 6.73. The van der Waals surface area contributed by atoms with Crippen molar-refractivity contribution in [2.24, 2.45) is 11.7 Å². The Bertz CT molecular complexity index is 209. The molecule has 0 radical (unpaired) electrons. The summed E-state index contributed by atoms with van der Waals surface area (Å²) in [5, 5.41) is 2.81. The van der Waals surface area contributed by atoms with Gasteiger partial charge in [-0.25, -0.2) is 0 Å². The number of carbonyl (C=O) groups is 1. The van der Waals surface area contributed by atoms with Gasteiger partial charge in [0.25, 0.3) is 0 Å². The molecule has 0 aliphatic heterocycles. The van der Waals surface area contributed by atoms with Gasteiger partial charge in [-0.1, -0.05) is 12.2 Å².